The van der Waals surface area contributed by atoms with E-state index in [1.807, 2.05) is 38.1 Å². The fourth-order valence-corrected chi connectivity index (χ4v) is 4.89. The number of halogens is 1. The Morgan fingerprint density at radius 2 is 1.70 bits per heavy atom. The van der Waals surface area contributed by atoms with Crippen LogP contribution in [-0.2, 0) is 19.6 Å². The monoisotopic (exact) mass is 578 g/mol. The highest BCUT2D eigenvalue weighted by Crippen LogP contribution is 2.23. The Kier molecular flexibility index (Phi) is 7.75. The van der Waals surface area contributed by atoms with E-state index in [9.17, 15) is 18.0 Å². The molecular formula is C24H23IN2O5S. The van der Waals surface area contributed by atoms with E-state index in [0.717, 1.165) is 19.0 Å². The van der Waals surface area contributed by atoms with Gasteiger partial charge in [-0.25, -0.2) is 13.2 Å². The first kappa shape index (κ1) is 24.7. The van der Waals surface area contributed by atoms with Crippen molar-refractivity contribution in [3.63, 3.8) is 0 Å². The molecule has 0 aliphatic heterocycles. The molecule has 172 valence electrons. The zero-order valence-electron chi connectivity index (χ0n) is 18.3. The number of benzene rings is 3. The SMILES string of the molecule is Cc1ccc(N(C)S(=O)(=O)c2cccc(C(=O)OCC(=O)Nc3ccc(I)cc3C)c2)cc1. The summed E-state index contributed by atoms with van der Waals surface area (Å²) in [5.41, 5.74) is 3.05. The van der Waals surface area contributed by atoms with E-state index in [-0.39, 0.29) is 10.5 Å². The zero-order valence-corrected chi connectivity index (χ0v) is 21.3. The predicted octanol–water partition coefficient (Wildman–Crippen LogP) is 4.53. The van der Waals surface area contributed by atoms with Gasteiger partial charge < -0.3 is 10.1 Å². The molecule has 0 spiro atoms. The van der Waals surface area contributed by atoms with E-state index in [4.69, 9.17) is 4.74 Å². The molecule has 3 rings (SSSR count). The Morgan fingerprint density at radius 3 is 2.36 bits per heavy atom. The molecule has 1 amide bonds. The van der Waals surface area contributed by atoms with E-state index in [2.05, 4.69) is 27.9 Å². The Morgan fingerprint density at radius 1 is 1.00 bits per heavy atom. The van der Waals surface area contributed by atoms with Gasteiger partial charge >= 0.3 is 5.97 Å². The first-order valence-corrected chi connectivity index (χ1v) is 12.5. The highest BCUT2D eigenvalue weighted by Gasteiger charge is 2.23. The van der Waals surface area contributed by atoms with Crippen molar-refractivity contribution in [2.75, 3.05) is 23.3 Å². The lowest BCUT2D eigenvalue weighted by molar-refractivity contribution is -0.119. The number of carbonyl (C=O) groups excluding carboxylic acids is 2. The van der Waals surface area contributed by atoms with Crippen LogP contribution in [0.3, 0.4) is 0 Å². The highest BCUT2D eigenvalue weighted by atomic mass is 127. The molecule has 0 aliphatic rings. The van der Waals surface area contributed by atoms with Crippen molar-refractivity contribution in [2.24, 2.45) is 0 Å². The molecule has 0 heterocycles. The molecule has 0 saturated heterocycles. The van der Waals surface area contributed by atoms with Gasteiger partial charge in [0.1, 0.15) is 0 Å². The number of carbonyl (C=O) groups is 2. The van der Waals surface area contributed by atoms with Gasteiger partial charge in [-0.15, -0.1) is 0 Å². The molecule has 0 aliphatic carbocycles. The molecule has 0 bridgehead atoms. The molecular weight excluding hydrogens is 555 g/mol. The van der Waals surface area contributed by atoms with Crippen molar-refractivity contribution in [1.29, 1.82) is 0 Å². The summed E-state index contributed by atoms with van der Waals surface area (Å²) in [7, 11) is -2.45. The third-order valence-corrected chi connectivity index (χ3v) is 7.38. The van der Waals surface area contributed by atoms with Crippen molar-refractivity contribution < 1.29 is 22.7 Å². The fraction of sp³-hybridized carbons (Fsp3) is 0.167. The summed E-state index contributed by atoms with van der Waals surface area (Å²) in [5.74, 6) is -1.28. The number of ether oxygens (including phenoxy) is 1. The molecule has 1 N–H and O–H groups in total. The topological polar surface area (TPSA) is 92.8 Å². The van der Waals surface area contributed by atoms with Gasteiger partial charge in [0.25, 0.3) is 15.9 Å². The summed E-state index contributed by atoms with van der Waals surface area (Å²) in [6, 6.07) is 18.1. The van der Waals surface area contributed by atoms with Crippen LogP contribution >= 0.6 is 22.6 Å². The van der Waals surface area contributed by atoms with E-state index in [1.54, 1.807) is 18.2 Å². The summed E-state index contributed by atoms with van der Waals surface area (Å²) in [4.78, 5) is 24.6. The largest absolute Gasteiger partial charge is 0.452 e. The van der Waals surface area contributed by atoms with Crippen LogP contribution < -0.4 is 9.62 Å². The molecule has 0 atom stereocenters. The second-order valence-corrected chi connectivity index (χ2v) is 10.6. The molecule has 0 saturated carbocycles. The number of amides is 1. The summed E-state index contributed by atoms with van der Waals surface area (Å²) >= 11 is 2.18. The summed E-state index contributed by atoms with van der Waals surface area (Å²) in [5, 5.41) is 2.69. The molecule has 33 heavy (non-hydrogen) atoms. The number of hydrogen-bond donors (Lipinski definition) is 1. The fourth-order valence-electron chi connectivity index (χ4n) is 3.00. The van der Waals surface area contributed by atoms with Gasteiger partial charge in [0, 0.05) is 16.3 Å². The maximum absolute atomic E-state index is 13.0. The first-order chi connectivity index (χ1) is 15.6. The molecule has 3 aromatic rings. The molecule has 0 fully saturated rings. The van der Waals surface area contributed by atoms with E-state index in [0.29, 0.717) is 11.4 Å². The first-order valence-electron chi connectivity index (χ1n) is 9.97. The number of anilines is 2. The van der Waals surface area contributed by atoms with Gasteiger partial charge in [0.15, 0.2) is 6.61 Å². The minimum absolute atomic E-state index is 0.0339. The summed E-state index contributed by atoms with van der Waals surface area (Å²) in [6.07, 6.45) is 0. The van der Waals surface area contributed by atoms with Crippen molar-refractivity contribution >= 4 is 55.9 Å². The quantitative estimate of drug-likeness (QED) is 0.329. The Hall–Kier alpha value is -2.92. The zero-order chi connectivity index (χ0) is 24.2. The highest BCUT2D eigenvalue weighted by molar-refractivity contribution is 14.1. The Balaban J connectivity index is 1.68. The number of hydrogen-bond acceptors (Lipinski definition) is 5. The van der Waals surface area contributed by atoms with Crippen molar-refractivity contribution in [3.8, 4) is 0 Å². The molecule has 3 aromatic carbocycles. The molecule has 0 unspecified atom stereocenters. The van der Waals surface area contributed by atoms with Gasteiger partial charge in [0.05, 0.1) is 16.1 Å². The third kappa shape index (κ3) is 6.11. The standard InChI is InChI=1S/C24H23IN2O5S/c1-16-7-10-20(11-8-16)27(3)33(30,31)21-6-4-5-18(14-21)24(29)32-15-23(28)26-22-12-9-19(25)13-17(22)2/h4-14H,15H2,1-3H3,(H,26,28). The summed E-state index contributed by atoms with van der Waals surface area (Å²) in [6.45, 7) is 3.28. The number of esters is 1. The Labute approximate surface area is 207 Å². The van der Waals surface area contributed by atoms with Crippen LogP contribution in [0.2, 0.25) is 0 Å². The van der Waals surface area contributed by atoms with E-state index >= 15 is 0 Å². The van der Waals surface area contributed by atoms with Gasteiger partial charge in [-0.3, -0.25) is 9.10 Å². The maximum Gasteiger partial charge on any atom is 0.338 e. The molecule has 9 heteroatoms. The number of sulfonamides is 1. The average molecular weight is 578 g/mol. The number of aryl methyl sites for hydroxylation is 2. The minimum Gasteiger partial charge on any atom is -0.452 e. The third-order valence-electron chi connectivity index (χ3n) is 4.92. The van der Waals surface area contributed by atoms with Crippen LogP contribution in [0, 0.1) is 17.4 Å². The lowest BCUT2D eigenvalue weighted by Crippen LogP contribution is -2.27. The lowest BCUT2D eigenvalue weighted by Gasteiger charge is -2.20. The number of rotatable bonds is 7. The minimum atomic E-state index is -3.90. The second-order valence-electron chi connectivity index (χ2n) is 7.42. The van der Waals surface area contributed by atoms with Crippen LogP contribution in [0.4, 0.5) is 11.4 Å². The number of nitrogens with one attached hydrogen (secondary N) is 1. The lowest BCUT2D eigenvalue weighted by atomic mass is 10.2. The van der Waals surface area contributed by atoms with Crippen LogP contribution in [0.1, 0.15) is 21.5 Å². The normalized spacial score (nSPS) is 11.0. The van der Waals surface area contributed by atoms with Crippen molar-refractivity contribution in [1.82, 2.24) is 0 Å². The van der Waals surface area contributed by atoms with Crippen LogP contribution in [-0.4, -0.2) is 33.9 Å². The molecule has 0 radical (unpaired) electrons. The van der Waals surface area contributed by atoms with E-state index < -0.39 is 28.5 Å². The molecule has 7 nitrogen and oxygen atoms in total. The maximum atomic E-state index is 13.0. The number of nitrogens with zero attached hydrogens (tertiary/aromatic N) is 1. The second kappa shape index (κ2) is 10.3. The van der Waals surface area contributed by atoms with Crippen molar-refractivity contribution in [2.45, 2.75) is 18.7 Å². The summed E-state index contributed by atoms with van der Waals surface area (Å²) < 4.78 is 33.3. The van der Waals surface area contributed by atoms with Gasteiger partial charge in [-0.2, -0.15) is 0 Å². The van der Waals surface area contributed by atoms with Crippen LogP contribution in [0.15, 0.2) is 71.6 Å². The van der Waals surface area contributed by atoms with Gasteiger partial charge in [-0.05, 0) is 90.5 Å². The Bertz CT molecular complexity index is 1290. The predicted molar refractivity (Wildman–Crippen MR) is 136 cm³/mol. The van der Waals surface area contributed by atoms with Crippen molar-refractivity contribution in [3.05, 3.63) is 87.0 Å². The van der Waals surface area contributed by atoms with Crippen LogP contribution in [0.25, 0.3) is 0 Å². The van der Waals surface area contributed by atoms with Gasteiger partial charge in [-0.1, -0.05) is 23.8 Å². The average Bonchev–Trinajstić information content (AvgIpc) is 2.79. The smallest absolute Gasteiger partial charge is 0.338 e. The van der Waals surface area contributed by atoms with Crippen LogP contribution in [0.5, 0.6) is 0 Å². The molecule has 0 aromatic heterocycles. The van der Waals surface area contributed by atoms with Gasteiger partial charge in [0.2, 0.25) is 0 Å². The van der Waals surface area contributed by atoms with E-state index in [1.165, 1.54) is 31.3 Å².